The molecule has 1 unspecified atom stereocenters. The van der Waals surface area contributed by atoms with Gasteiger partial charge in [-0.05, 0) is 68.4 Å². The highest BCUT2D eigenvalue weighted by atomic mass is 16.4. The molecule has 5 heteroatoms. The first-order valence-corrected chi connectivity index (χ1v) is 11.5. The van der Waals surface area contributed by atoms with Crippen molar-refractivity contribution in [3.8, 4) is 11.8 Å². The number of carboxylic acids is 1. The van der Waals surface area contributed by atoms with Crippen LogP contribution in [0.3, 0.4) is 0 Å². The van der Waals surface area contributed by atoms with Gasteiger partial charge in [-0.2, -0.15) is 0 Å². The van der Waals surface area contributed by atoms with Gasteiger partial charge >= 0.3 is 5.97 Å². The van der Waals surface area contributed by atoms with Gasteiger partial charge in [0.1, 0.15) is 6.10 Å². The predicted octanol–water partition coefficient (Wildman–Crippen LogP) is 4.15. The van der Waals surface area contributed by atoms with Gasteiger partial charge in [-0.1, -0.05) is 56.2 Å². The molecule has 4 N–H and O–H groups in total. The number of rotatable bonds is 10. The van der Waals surface area contributed by atoms with Gasteiger partial charge in [0.2, 0.25) is 0 Å². The van der Waals surface area contributed by atoms with Crippen LogP contribution < -0.4 is 0 Å². The summed E-state index contributed by atoms with van der Waals surface area (Å²) in [6.07, 6.45) is 6.38. The summed E-state index contributed by atoms with van der Waals surface area (Å²) in [6, 6.07) is 7.93. The van der Waals surface area contributed by atoms with Crippen LogP contribution in [0.4, 0.5) is 0 Å². The number of hydrogen-bond acceptors (Lipinski definition) is 4. The lowest BCUT2D eigenvalue weighted by molar-refractivity contribution is -0.137. The Labute approximate surface area is 187 Å². The van der Waals surface area contributed by atoms with E-state index in [1.807, 2.05) is 31.2 Å². The van der Waals surface area contributed by atoms with Crippen LogP contribution in [0.2, 0.25) is 0 Å². The summed E-state index contributed by atoms with van der Waals surface area (Å²) >= 11 is 0. The molecule has 5 nitrogen and oxygen atoms in total. The number of hydrogen-bond donors (Lipinski definition) is 4. The van der Waals surface area contributed by atoms with E-state index in [1.165, 1.54) is 0 Å². The number of carbonyl (C=O) groups is 1. The smallest absolute Gasteiger partial charge is 0.303 e. The van der Waals surface area contributed by atoms with Crippen molar-refractivity contribution in [1.29, 1.82) is 0 Å². The third-order valence-corrected chi connectivity index (χ3v) is 6.36. The molecule has 0 bridgehead atoms. The summed E-state index contributed by atoms with van der Waals surface area (Å²) in [4.78, 5) is 10.6. The maximum atomic E-state index is 10.6. The van der Waals surface area contributed by atoms with Gasteiger partial charge in [0.25, 0.3) is 0 Å². The summed E-state index contributed by atoms with van der Waals surface area (Å²) in [6.45, 7) is 4.22. The maximum Gasteiger partial charge on any atom is 0.303 e. The van der Waals surface area contributed by atoms with E-state index in [2.05, 4.69) is 18.8 Å². The van der Waals surface area contributed by atoms with Crippen molar-refractivity contribution >= 4 is 5.97 Å². The molecule has 1 saturated carbocycles. The molecule has 0 amide bonds. The Morgan fingerprint density at radius 1 is 1.10 bits per heavy atom. The Kier molecular flexibility index (Phi) is 13.2. The van der Waals surface area contributed by atoms with Crippen molar-refractivity contribution in [3.63, 3.8) is 0 Å². The number of unbranched alkanes of at least 4 members (excludes halogenated alkanes) is 3. The van der Waals surface area contributed by atoms with Crippen LogP contribution in [0.1, 0.15) is 75.8 Å². The highest BCUT2D eigenvalue weighted by molar-refractivity contribution is 5.66. The second kappa shape index (κ2) is 15.0. The van der Waals surface area contributed by atoms with Crippen molar-refractivity contribution in [1.82, 2.24) is 0 Å². The van der Waals surface area contributed by atoms with Gasteiger partial charge in [0.05, 0.1) is 6.10 Å². The zero-order valence-electron chi connectivity index (χ0n) is 19.3. The number of aliphatic carboxylic acids is 1. The molecular formula is C26H40O5. The van der Waals surface area contributed by atoms with E-state index in [-0.39, 0.29) is 18.4 Å². The monoisotopic (exact) mass is 432 g/mol. The summed E-state index contributed by atoms with van der Waals surface area (Å²) in [7, 11) is 1.00. The molecule has 1 aliphatic rings. The van der Waals surface area contributed by atoms with E-state index in [9.17, 15) is 15.0 Å². The minimum atomic E-state index is -0.728. The van der Waals surface area contributed by atoms with E-state index >= 15 is 0 Å². The Hall–Kier alpha value is -1.87. The number of carboxylic acid groups (broad SMARTS) is 1. The first-order valence-electron chi connectivity index (χ1n) is 11.5. The first kappa shape index (κ1) is 27.2. The van der Waals surface area contributed by atoms with E-state index < -0.39 is 12.1 Å². The molecule has 1 fully saturated rings. The molecule has 174 valence electrons. The second-order valence-electron chi connectivity index (χ2n) is 8.63. The fourth-order valence-electron chi connectivity index (χ4n) is 4.65. The minimum Gasteiger partial charge on any atom is -0.481 e. The van der Waals surface area contributed by atoms with Crippen LogP contribution >= 0.6 is 0 Å². The summed E-state index contributed by atoms with van der Waals surface area (Å²) in [5.74, 6) is 6.49. The van der Waals surface area contributed by atoms with Crippen molar-refractivity contribution in [2.45, 2.75) is 83.8 Å². The molecule has 0 aliphatic heterocycles. The van der Waals surface area contributed by atoms with Crippen LogP contribution in [-0.4, -0.2) is 45.7 Å². The molecule has 2 rings (SSSR count). The zero-order valence-corrected chi connectivity index (χ0v) is 19.3. The molecule has 0 aromatic heterocycles. The van der Waals surface area contributed by atoms with Crippen LogP contribution in [0, 0.1) is 36.5 Å². The number of aryl methyl sites for hydroxylation is 1. The van der Waals surface area contributed by atoms with Gasteiger partial charge in [0.15, 0.2) is 0 Å². The van der Waals surface area contributed by atoms with Crippen molar-refractivity contribution in [2.24, 2.45) is 17.8 Å². The lowest BCUT2D eigenvalue weighted by Crippen LogP contribution is -2.21. The van der Waals surface area contributed by atoms with Crippen molar-refractivity contribution in [2.75, 3.05) is 7.11 Å². The van der Waals surface area contributed by atoms with Gasteiger partial charge < -0.3 is 20.4 Å². The highest BCUT2D eigenvalue weighted by Gasteiger charge is 2.39. The lowest BCUT2D eigenvalue weighted by atomic mass is 9.82. The van der Waals surface area contributed by atoms with Crippen LogP contribution in [-0.2, 0) is 4.79 Å². The van der Waals surface area contributed by atoms with E-state index in [0.717, 1.165) is 63.2 Å². The quantitative estimate of drug-likeness (QED) is 0.329. The average Bonchev–Trinajstić information content (AvgIpc) is 3.02. The van der Waals surface area contributed by atoms with E-state index in [4.69, 9.17) is 10.2 Å². The number of aliphatic hydroxyl groups excluding tert-OH is 3. The summed E-state index contributed by atoms with van der Waals surface area (Å²) in [5, 5.41) is 36.5. The molecule has 31 heavy (non-hydrogen) atoms. The molecule has 5 atom stereocenters. The molecule has 0 heterocycles. The molecule has 1 aromatic rings. The molecule has 0 saturated heterocycles. The minimum absolute atomic E-state index is 0.243. The molecular weight excluding hydrogens is 392 g/mol. The fraction of sp³-hybridized carbons (Fsp3) is 0.654. The number of benzene rings is 1. The zero-order chi connectivity index (χ0) is 23.2. The largest absolute Gasteiger partial charge is 0.481 e. The maximum absolute atomic E-state index is 10.6. The van der Waals surface area contributed by atoms with Gasteiger partial charge in [-0.15, -0.1) is 0 Å². The molecule has 1 aliphatic carbocycles. The Balaban J connectivity index is 0.00000233. The third-order valence-electron chi connectivity index (χ3n) is 6.36. The fourth-order valence-corrected chi connectivity index (χ4v) is 4.65. The molecule has 1 aromatic carbocycles. The van der Waals surface area contributed by atoms with E-state index in [1.54, 1.807) is 0 Å². The average molecular weight is 433 g/mol. The standard InChI is InChI=1S/C25H36O4.CH4O/c1-18-9-7-8-10-20(18)13-14-21(26)15-16-22-19(2)17-24(27)23(22)11-5-3-4-6-12-25(28)29;1-2/h7-10,19,21-24,26-27H,3-6,11-12,15-17H2,1-2H3,(H,28,29);2H,1H3/t19-,21?,22+,23-,24+;/m1./s1. The number of aliphatic hydroxyl groups is 3. The summed E-state index contributed by atoms with van der Waals surface area (Å²) < 4.78 is 0. The van der Waals surface area contributed by atoms with Crippen LogP contribution in [0.5, 0.6) is 0 Å². The molecule has 0 spiro atoms. The van der Waals surface area contributed by atoms with Gasteiger partial charge in [0, 0.05) is 19.1 Å². The van der Waals surface area contributed by atoms with E-state index in [0.29, 0.717) is 18.3 Å². The lowest BCUT2D eigenvalue weighted by Gasteiger charge is -2.24. The highest BCUT2D eigenvalue weighted by Crippen LogP contribution is 2.42. The Morgan fingerprint density at radius 3 is 2.45 bits per heavy atom. The first-order chi connectivity index (χ1) is 14.9. The van der Waals surface area contributed by atoms with Crippen molar-refractivity contribution in [3.05, 3.63) is 35.4 Å². The molecule has 0 radical (unpaired) electrons. The SMILES string of the molecule is CO.Cc1ccccc1C#CC(O)CC[C@@H]1[C@@H](CCCCCCC(=O)O)[C@@H](O)C[C@H]1C. The topological polar surface area (TPSA) is 98.0 Å². The summed E-state index contributed by atoms with van der Waals surface area (Å²) in [5.41, 5.74) is 2.07. The van der Waals surface area contributed by atoms with Crippen LogP contribution in [0.15, 0.2) is 24.3 Å². The Bertz CT molecular complexity index is 705. The van der Waals surface area contributed by atoms with Gasteiger partial charge in [-0.25, -0.2) is 0 Å². The van der Waals surface area contributed by atoms with Crippen LogP contribution in [0.25, 0.3) is 0 Å². The Morgan fingerprint density at radius 2 is 1.77 bits per heavy atom. The van der Waals surface area contributed by atoms with Gasteiger partial charge in [-0.3, -0.25) is 4.79 Å². The third kappa shape index (κ3) is 9.86. The second-order valence-corrected chi connectivity index (χ2v) is 8.63. The van der Waals surface area contributed by atoms with Crippen molar-refractivity contribution < 1.29 is 25.2 Å². The predicted molar refractivity (Wildman–Crippen MR) is 124 cm³/mol. The normalized spacial score (nSPS) is 23.3.